The number of hydrogen-bond donors (Lipinski definition) is 1. The first-order chi connectivity index (χ1) is 17.2. The predicted octanol–water partition coefficient (Wildman–Crippen LogP) is 4.35. The number of piperidine rings is 2. The van der Waals surface area contributed by atoms with Gasteiger partial charge in [0, 0.05) is 18.7 Å². The summed E-state index contributed by atoms with van der Waals surface area (Å²) in [7, 11) is 0. The summed E-state index contributed by atoms with van der Waals surface area (Å²) in [5.74, 6) is -0.223. The highest BCUT2D eigenvalue weighted by Crippen LogP contribution is 2.40. The highest BCUT2D eigenvalue weighted by molar-refractivity contribution is 5.87. The minimum Gasteiger partial charge on any atom is -0.444 e. The molecule has 0 radical (unpaired) electrons. The number of amides is 2. The molecule has 1 aliphatic carbocycles. The predicted molar refractivity (Wildman–Crippen MR) is 133 cm³/mol. The molecule has 0 spiro atoms. The van der Waals surface area contributed by atoms with Gasteiger partial charge in [-0.2, -0.15) is 10.5 Å². The minimum atomic E-state index is -0.726. The van der Waals surface area contributed by atoms with Crippen LogP contribution in [0.1, 0.15) is 57.7 Å². The summed E-state index contributed by atoms with van der Waals surface area (Å²) < 4.78 is 5.62. The van der Waals surface area contributed by atoms with Gasteiger partial charge in [0.1, 0.15) is 29.4 Å². The van der Waals surface area contributed by atoms with E-state index in [1.54, 1.807) is 17.2 Å². The molecular formula is C28H31N5O3. The van der Waals surface area contributed by atoms with Crippen molar-refractivity contribution in [3.05, 3.63) is 53.9 Å². The molecule has 8 nitrogen and oxygen atoms in total. The van der Waals surface area contributed by atoms with Crippen molar-refractivity contribution in [2.45, 2.75) is 76.6 Å². The first-order valence-electron chi connectivity index (χ1n) is 12.4. The highest BCUT2D eigenvalue weighted by Gasteiger charge is 2.49. The number of carbonyl (C=O) groups is 2. The molecule has 1 N–H and O–H groups in total. The van der Waals surface area contributed by atoms with Gasteiger partial charge in [0.05, 0.1) is 6.07 Å². The molecule has 2 bridgehead atoms. The summed E-state index contributed by atoms with van der Waals surface area (Å²) in [6, 6.07) is 14.1. The van der Waals surface area contributed by atoms with Crippen molar-refractivity contribution in [2.24, 2.45) is 5.92 Å². The van der Waals surface area contributed by atoms with Crippen LogP contribution in [0, 0.1) is 28.6 Å². The Bertz CT molecular complexity index is 1200. The zero-order chi connectivity index (χ0) is 25.9. The monoisotopic (exact) mass is 485 g/mol. The minimum absolute atomic E-state index is 0.0107. The van der Waals surface area contributed by atoms with E-state index < -0.39 is 23.8 Å². The quantitative estimate of drug-likeness (QED) is 0.672. The van der Waals surface area contributed by atoms with Crippen molar-refractivity contribution < 1.29 is 14.3 Å². The standard InChI is InChI=1S/C28H31N5O3/c1-28(2,3)36-27(35)33-24-10-8-20(9-11-24)25(33)26(34)32-23(17-30)14-18-4-6-19(7-5-18)21-12-13-31-22(15-21)16-29/h4-7,12-13,15,20,23-25H,8-11,14H2,1-3H3,(H,32,34). The fourth-order valence-corrected chi connectivity index (χ4v) is 5.19. The third-order valence-electron chi connectivity index (χ3n) is 6.83. The molecule has 3 fully saturated rings. The summed E-state index contributed by atoms with van der Waals surface area (Å²) in [6.07, 6.45) is 5.00. The van der Waals surface area contributed by atoms with Crippen molar-refractivity contribution in [1.29, 1.82) is 10.5 Å². The number of nitrogens with zero attached hydrogens (tertiary/aromatic N) is 4. The van der Waals surface area contributed by atoms with Gasteiger partial charge in [-0.25, -0.2) is 9.78 Å². The lowest BCUT2D eigenvalue weighted by Gasteiger charge is -2.50. The largest absolute Gasteiger partial charge is 0.444 e. The number of hydrogen-bond acceptors (Lipinski definition) is 6. The van der Waals surface area contributed by atoms with Crippen LogP contribution >= 0.6 is 0 Å². The molecule has 2 amide bonds. The van der Waals surface area contributed by atoms with Crippen LogP contribution in [-0.2, 0) is 16.0 Å². The van der Waals surface area contributed by atoms with Gasteiger partial charge in [0.15, 0.2) is 0 Å². The topological polar surface area (TPSA) is 119 Å². The number of rotatable bonds is 5. The third-order valence-corrected chi connectivity index (χ3v) is 6.83. The van der Waals surface area contributed by atoms with Crippen LogP contribution in [0.4, 0.5) is 4.79 Å². The first kappa shape index (κ1) is 25.2. The Morgan fingerprint density at radius 1 is 1.11 bits per heavy atom. The molecule has 2 unspecified atom stereocenters. The second kappa shape index (κ2) is 10.4. The van der Waals surface area contributed by atoms with E-state index in [1.165, 1.54) is 0 Å². The molecule has 2 aromatic rings. The van der Waals surface area contributed by atoms with Gasteiger partial charge in [0.2, 0.25) is 5.91 Å². The number of aromatic nitrogens is 1. The van der Waals surface area contributed by atoms with E-state index in [4.69, 9.17) is 10.00 Å². The molecule has 1 aromatic heterocycles. The van der Waals surface area contributed by atoms with Gasteiger partial charge in [-0.3, -0.25) is 9.69 Å². The zero-order valence-electron chi connectivity index (χ0n) is 20.9. The molecular weight excluding hydrogens is 454 g/mol. The molecule has 1 aromatic carbocycles. The number of ether oxygens (including phenoxy) is 1. The lowest BCUT2D eigenvalue weighted by atomic mass is 9.74. The molecule has 2 aliphatic heterocycles. The number of benzene rings is 1. The Kier molecular flexibility index (Phi) is 7.26. The van der Waals surface area contributed by atoms with Crippen LogP contribution < -0.4 is 5.32 Å². The fraction of sp³-hybridized carbons (Fsp3) is 0.464. The maximum atomic E-state index is 13.4. The number of nitrogens with one attached hydrogen (secondary N) is 1. The Labute approximate surface area is 211 Å². The van der Waals surface area contributed by atoms with E-state index in [1.807, 2.05) is 57.2 Å². The van der Waals surface area contributed by atoms with Crippen LogP contribution in [0.15, 0.2) is 42.6 Å². The SMILES string of the molecule is CC(C)(C)OC(=O)N1C2CCC(CC2)C1C(=O)NC(C#N)Cc1ccc(-c2ccnc(C#N)c2)cc1. The Hall–Kier alpha value is -3.91. The van der Waals surface area contributed by atoms with Gasteiger partial charge in [-0.15, -0.1) is 0 Å². The summed E-state index contributed by atoms with van der Waals surface area (Å²) >= 11 is 0. The van der Waals surface area contributed by atoms with Gasteiger partial charge < -0.3 is 10.1 Å². The Morgan fingerprint density at radius 3 is 2.42 bits per heavy atom. The molecule has 8 heteroatoms. The highest BCUT2D eigenvalue weighted by atomic mass is 16.6. The number of fused-ring (bicyclic) bond motifs is 3. The summed E-state index contributed by atoms with van der Waals surface area (Å²) in [5.41, 5.74) is 2.41. The second-order valence-electron chi connectivity index (χ2n) is 10.5. The molecule has 2 saturated heterocycles. The maximum absolute atomic E-state index is 13.4. The molecule has 3 heterocycles. The average molecular weight is 486 g/mol. The van der Waals surface area contributed by atoms with Gasteiger partial charge >= 0.3 is 6.09 Å². The van der Waals surface area contributed by atoms with E-state index in [0.717, 1.165) is 42.4 Å². The van der Waals surface area contributed by atoms with E-state index in [-0.39, 0.29) is 17.9 Å². The van der Waals surface area contributed by atoms with E-state index in [0.29, 0.717) is 12.1 Å². The number of pyridine rings is 1. The maximum Gasteiger partial charge on any atom is 0.411 e. The first-order valence-corrected chi connectivity index (χ1v) is 12.4. The lowest BCUT2D eigenvalue weighted by Crippen LogP contribution is -2.64. The molecule has 36 heavy (non-hydrogen) atoms. The van der Waals surface area contributed by atoms with Crippen LogP contribution in [-0.4, -0.2) is 45.6 Å². The Morgan fingerprint density at radius 2 is 1.81 bits per heavy atom. The molecule has 2 atom stereocenters. The van der Waals surface area contributed by atoms with Crippen LogP contribution in [0.5, 0.6) is 0 Å². The summed E-state index contributed by atoms with van der Waals surface area (Å²) in [6.45, 7) is 5.45. The van der Waals surface area contributed by atoms with Crippen molar-refractivity contribution in [3.63, 3.8) is 0 Å². The summed E-state index contributed by atoms with van der Waals surface area (Å²) in [5, 5.41) is 21.7. The van der Waals surface area contributed by atoms with E-state index in [9.17, 15) is 14.9 Å². The fourth-order valence-electron chi connectivity index (χ4n) is 5.19. The van der Waals surface area contributed by atoms with Crippen LogP contribution in [0.2, 0.25) is 0 Å². The molecule has 1 saturated carbocycles. The molecule has 3 aliphatic rings. The average Bonchev–Trinajstić information content (AvgIpc) is 2.87. The third kappa shape index (κ3) is 5.66. The van der Waals surface area contributed by atoms with Crippen LogP contribution in [0.25, 0.3) is 11.1 Å². The smallest absolute Gasteiger partial charge is 0.411 e. The van der Waals surface area contributed by atoms with Crippen molar-refractivity contribution in [3.8, 4) is 23.3 Å². The van der Waals surface area contributed by atoms with Crippen LogP contribution in [0.3, 0.4) is 0 Å². The zero-order valence-corrected chi connectivity index (χ0v) is 20.9. The second-order valence-corrected chi connectivity index (χ2v) is 10.5. The van der Waals surface area contributed by atoms with Crippen molar-refractivity contribution >= 4 is 12.0 Å². The van der Waals surface area contributed by atoms with Gasteiger partial charge in [0.25, 0.3) is 0 Å². The normalized spacial score (nSPS) is 21.7. The van der Waals surface area contributed by atoms with E-state index >= 15 is 0 Å². The molecule has 186 valence electrons. The number of carbonyl (C=O) groups excluding carboxylic acids is 2. The Balaban J connectivity index is 1.44. The number of nitriles is 2. The van der Waals surface area contributed by atoms with E-state index in [2.05, 4.69) is 16.4 Å². The lowest BCUT2D eigenvalue weighted by molar-refractivity contribution is -0.135. The van der Waals surface area contributed by atoms with Gasteiger partial charge in [-0.1, -0.05) is 24.3 Å². The van der Waals surface area contributed by atoms with Gasteiger partial charge in [-0.05, 0) is 81.2 Å². The molecule has 5 rings (SSSR count). The van der Waals surface area contributed by atoms with Crippen molar-refractivity contribution in [1.82, 2.24) is 15.2 Å². The summed E-state index contributed by atoms with van der Waals surface area (Å²) in [4.78, 5) is 32.0. The van der Waals surface area contributed by atoms with Crippen molar-refractivity contribution in [2.75, 3.05) is 0 Å².